The van der Waals surface area contributed by atoms with Crippen molar-refractivity contribution in [3.8, 4) is 0 Å². The van der Waals surface area contributed by atoms with Crippen LogP contribution in [0.15, 0.2) is 62.8 Å². The van der Waals surface area contributed by atoms with Crippen molar-refractivity contribution in [2.75, 3.05) is 19.7 Å². The van der Waals surface area contributed by atoms with Crippen molar-refractivity contribution in [1.29, 1.82) is 0 Å². The van der Waals surface area contributed by atoms with Gasteiger partial charge in [-0.1, -0.05) is 34.1 Å². The summed E-state index contributed by atoms with van der Waals surface area (Å²) in [6.45, 7) is 6.92. The minimum atomic E-state index is -4.29. The number of halogens is 1. The molecule has 0 aliphatic carbocycles. The van der Waals surface area contributed by atoms with E-state index in [4.69, 9.17) is 9.47 Å². The zero-order valence-corrected chi connectivity index (χ0v) is 24.7. The van der Waals surface area contributed by atoms with E-state index in [2.05, 4.69) is 26.0 Å². The quantitative estimate of drug-likeness (QED) is 0.194. The number of rotatable bonds is 10. The first-order chi connectivity index (χ1) is 17.9. The minimum Gasteiger partial charge on any atom is -0.587 e. The third-order valence-corrected chi connectivity index (χ3v) is 8.42. The van der Waals surface area contributed by atoms with Crippen LogP contribution in [-0.4, -0.2) is 54.3 Å². The summed E-state index contributed by atoms with van der Waals surface area (Å²) in [5, 5.41) is 2.77. The van der Waals surface area contributed by atoms with Crippen LogP contribution >= 0.6 is 15.9 Å². The first-order valence-corrected chi connectivity index (χ1v) is 15.2. The van der Waals surface area contributed by atoms with E-state index >= 15 is 0 Å². The Morgan fingerprint density at radius 3 is 2.42 bits per heavy atom. The molecule has 38 heavy (non-hydrogen) atoms. The van der Waals surface area contributed by atoms with Crippen molar-refractivity contribution in [2.45, 2.75) is 49.5 Å². The van der Waals surface area contributed by atoms with Crippen LogP contribution in [0.5, 0.6) is 0 Å². The van der Waals surface area contributed by atoms with Gasteiger partial charge in [0.1, 0.15) is 27.4 Å². The Balaban J connectivity index is 1.99. The van der Waals surface area contributed by atoms with Crippen LogP contribution in [0.25, 0.3) is 10.9 Å². The average molecular weight is 629 g/mol. The normalized spacial score (nSPS) is 12.8. The molecule has 1 unspecified atom stereocenters. The molecule has 1 heterocycles. The molecule has 1 amide bonds. The third-order valence-electron chi connectivity index (χ3n) is 5.00. The number of esters is 1. The predicted molar refractivity (Wildman–Crippen MR) is 148 cm³/mol. The summed E-state index contributed by atoms with van der Waals surface area (Å²) in [6, 6.07) is 13.2. The number of aromatic nitrogens is 1. The lowest BCUT2D eigenvalue weighted by atomic mass is 10.2. The maximum atomic E-state index is 13.7. The zero-order chi connectivity index (χ0) is 28.1. The van der Waals surface area contributed by atoms with Crippen molar-refractivity contribution in [3.05, 3.63) is 58.7 Å². The van der Waals surface area contributed by atoms with E-state index in [-0.39, 0.29) is 47.6 Å². The van der Waals surface area contributed by atoms with Gasteiger partial charge in [0, 0.05) is 22.9 Å². The molecule has 0 aliphatic heterocycles. The predicted octanol–water partition coefficient (Wildman–Crippen LogP) is 4.34. The van der Waals surface area contributed by atoms with Crippen LogP contribution < -0.4 is 10.0 Å². The van der Waals surface area contributed by atoms with Gasteiger partial charge in [-0.2, -0.15) is 0 Å². The molecule has 10 nitrogen and oxygen atoms in total. The molecule has 2 N–H and O–H groups in total. The Morgan fingerprint density at radius 1 is 1.11 bits per heavy atom. The van der Waals surface area contributed by atoms with Crippen molar-refractivity contribution < 1.29 is 32.0 Å². The molecule has 0 spiro atoms. The number of sulfonamides is 1. The monoisotopic (exact) mass is 627 g/mol. The standard InChI is InChI=1S/C25H30BrN3O7S2/c1-5-35-23(30)21-22(38(33,34)28-15-9-14-27-24(31)36-25(2,3)4)19-16-17(26)12-13-20(19)29(21)37(32)18-10-7-6-8-11-18/h6-8,10-13,16,28H,5,9,14-15H2,1-4H3,(H,27,31). The molecule has 0 saturated heterocycles. The first kappa shape index (κ1) is 30.0. The second-order valence-electron chi connectivity index (χ2n) is 9.10. The molecular formula is C25H30BrN3O7S2. The molecule has 1 aromatic heterocycles. The summed E-state index contributed by atoms with van der Waals surface area (Å²) in [5.74, 6) is -0.920. The summed E-state index contributed by atoms with van der Waals surface area (Å²) >= 11 is 1.40. The van der Waals surface area contributed by atoms with Crippen molar-refractivity contribution in [2.24, 2.45) is 0 Å². The Hall–Kier alpha value is -2.58. The highest BCUT2D eigenvalue weighted by Crippen LogP contribution is 2.35. The lowest BCUT2D eigenvalue weighted by Gasteiger charge is -2.19. The zero-order valence-electron chi connectivity index (χ0n) is 21.4. The van der Waals surface area contributed by atoms with Crippen LogP contribution in [-0.2, 0) is 30.9 Å². The number of fused-ring (bicyclic) bond motifs is 1. The van der Waals surface area contributed by atoms with Crippen molar-refractivity contribution in [1.82, 2.24) is 14.0 Å². The van der Waals surface area contributed by atoms with Crippen molar-refractivity contribution >= 4 is 60.3 Å². The number of hydrogen-bond donors (Lipinski definition) is 2. The molecule has 206 valence electrons. The average Bonchev–Trinajstić information content (AvgIpc) is 3.18. The number of alkyl carbamates (subject to hydrolysis) is 1. The fourth-order valence-corrected chi connectivity index (χ4v) is 6.67. The molecule has 0 bridgehead atoms. The van der Waals surface area contributed by atoms with E-state index in [9.17, 15) is 22.6 Å². The van der Waals surface area contributed by atoms with E-state index in [1.54, 1.807) is 76.2 Å². The van der Waals surface area contributed by atoms with Gasteiger partial charge in [-0.25, -0.2) is 22.7 Å². The molecule has 0 aliphatic rings. The summed E-state index contributed by atoms with van der Waals surface area (Å²) in [5.41, 5.74) is -0.718. The van der Waals surface area contributed by atoms with Gasteiger partial charge in [0.25, 0.3) is 0 Å². The lowest BCUT2D eigenvalue weighted by molar-refractivity contribution is 0.0508. The first-order valence-electron chi connectivity index (χ1n) is 11.8. The van der Waals surface area contributed by atoms with Crippen molar-refractivity contribution in [3.63, 3.8) is 0 Å². The Bertz CT molecular complexity index is 1400. The third kappa shape index (κ3) is 7.29. The molecule has 3 rings (SSSR count). The topological polar surface area (TPSA) is 139 Å². The van der Waals surface area contributed by atoms with Gasteiger partial charge in [0.2, 0.25) is 10.0 Å². The lowest BCUT2D eigenvalue weighted by Crippen LogP contribution is -2.34. The molecular weight excluding hydrogens is 598 g/mol. The number of nitrogens with one attached hydrogen (secondary N) is 2. The van der Waals surface area contributed by atoms with Crippen LogP contribution in [0, 0.1) is 0 Å². The number of ether oxygens (including phenoxy) is 2. The van der Waals surface area contributed by atoms with Crippen LogP contribution in [0.2, 0.25) is 0 Å². The van der Waals surface area contributed by atoms with E-state index in [1.807, 2.05) is 0 Å². The molecule has 0 fully saturated rings. The summed E-state index contributed by atoms with van der Waals surface area (Å²) in [4.78, 5) is 25.0. The number of hydrogen-bond acceptors (Lipinski definition) is 7. The number of amides is 1. The van der Waals surface area contributed by atoms with Gasteiger partial charge in [-0.3, -0.25) is 0 Å². The summed E-state index contributed by atoms with van der Waals surface area (Å²) < 4.78 is 55.4. The Labute approximate surface area is 233 Å². The molecule has 3 aromatic rings. The van der Waals surface area contributed by atoms with Gasteiger partial charge in [-0.15, -0.1) is 3.97 Å². The molecule has 1 atom stereocenters. The number of benzene rings is 2. The van der Waals surface area contributed by atoms with E-state index in [1.165, 1.54) is 3.97 Å². The van der Waals surface area contributed by atoms with Gasteiger partial charge in [0.05, 0.1) is 6.61 Å². The minimum absolute atomic E-state index is 0.00865. The fourth-order valence-electron chi connectivity index (χ4n) is 3.54. The highest BCUT2D eigenvalue weighted by atomic mass is 79.9. The largest absolute Gasteiger partial charge is 0.587 e. The second kappa shape index (κ2) is 12.5. The van der Waals surface area contributed by atoms with Gasteiger partial charge in [0.15, 0.2) is 10.6 Å². The van der Waals surface area contributed by atoms with Gasteiger partial charge < -0.3 is 19.3 Å². The summed E-state index contributed by atoms with van der Waals surface area (Å²) in [7, 11) is -4.29. The number of carbonyl (C=O) groups excluding carboxylic acids is 2. The second-order valence-corrected chi connectivity index (χ2v) is 13.1. The fraction of sp³-hybridized carbons (Fsp3) is 0.360. The maximum Gasteiger partial charge on any atom is 0.407 e. The van der Waals surface area contributed by atoms with Crippen LogP contribution in [0.1, 0.15) is 44.6 Å². The number of carbonyl (C=O) groups is 2. The molecule has 13 heteroatoms. The smallest absolute Gasteiger partial charge is 0.407 e. The molecule has 0 saturated carbocycles. The van der Waals surface area contributed by atoms with Gasteiger partial charge in [-0.05, 0) is 64.4 Å². The highest BCUT2D eigenvalue weighted by molar-refractivity contribution is 9.10. The van der Waals surface area contributed by atoms with Gasteiger partial charge >= 0.3 is 12.1 Å². The van der Waals surface area contributed by atoms with E-state index in [0.29, 0.717) is 9.37 Å². The maximum absolute atomic E-state index is 13.7. The van der Waals surface area contributed by atoms with E-state index < -0.39 is 39.0 Å². The van der Waals surface area contributed by atoms with Crippen LogP contribution in [0.4, 0.5) is 4.79 Å². The SMILES string of the molecule is CCOC(=O)c1c(S(=O)(=O)NCCCNC(=O)OC(C)(C)C)c2cc(Br)ccc2n1[S+]([O-])c1ccccc1. The Kier molecular flexibility index (Phi) is 9.87. The molecule has 2 aromatic carbocycles. The molecule has 0 radical (unpaired) electrons. The van der Waals surface area contributed by atoms with E-state index in [0.717, 1.165) is 0 Å². The van der Waals surface area contributed by atoms with Crippen LogP contribution in [0.3, 0.4) is 0 Å². The Morgan fingerprint density at radius 2 is 1.79 bits per heavy atom. The number of nitrogens with zero attached hydrogens (tertiary/aromatic N) is 1. The summed E-state index contributed by atoms with van der Waals surface area (Å²) in [6.07, 6.45) is -0.354. The highest BCUT2D eigenvalue weighted by Gasteiger charge is 2.37.